The van der Waals surface area contributed by atoms with Gasteiger partial charge in [-0.25, -0.2) is 4.79 Å². The van der Waals surface area contributed by atoms with Crippen LogP contribution in [0, 0.1) is 0 Å². The summed E-state index contributed by atoms with van der Waals surface area (Å²) >= 11 is 12.1. The fraction of sp³-hybridized carbons (Fsp3) is 0.474. The summed E-state index contributed by atoms with van der Waals surface area (Å²) in [5.74, 6) is -0.442. The van der Waals surface area contributed by atoms with Crippen LogP contribution in [-0.2, 0) is 19.1 Å². The highest BCUT2D eigenvalue weighted by atomic mass is 35.5. The van der Waals surface area contributed by atoms with Crippen molar-refractivity contribution in [3.63, 3.8) is 0 Å². The molecule has 0 spiro atoms. The third kappa shape index (κ3) is 4.04. The zero-order valence-electron chi connectivity index (χ0n) is 15.6. The minimum absolute atomic E-state index is 0.251. The van der Waals surface area contributed by atoms with Crippen LogP contribution in [0.1, 0.15) is 25.3 Å². The van der Waals surface area contributed by atoms with Crippen molar-refractivity contribution in [2.75, 3.05) is 13.7 Å². The molecule has 0 radical (unpaired) electrons. The Morgan fingerprint density at radius 3 is 2.75 bits per heavy atom. The number of ether oxygens (including phenoxy) is 2. The molecule has 28 heavy (non-hydrogen) atoms. The summed E-state index contributed by atoms with van der Waals surface area (Å²) < 4.78 is 10.1. The van der Waals surface area contributed by atoms with Gasteiger partial charge in [0.2, 0.25) is 5.60 Å². The van der Waals surface area contributed by atoms with E-state index < -0.39 is 23.4 Å². The van der Waals surface area contributed by atoms with Crippen molar-refractivity contribution in [2.45, 2.75) is 43.2 Å². The lowest BCUT2D eigenvalue weighted by molar-refractivity contribution is -0.155. The Hall–Kier alpha value is -1.64. The third-order valence-electron chi connectivity index (χ3n) is 5.04. The molecule has 0 bridgehead atoms. The molecular formula is C19H22Cl2N2O5. The van der Waals surface area contributed by atoms with Crippen LogP contribution in [0.15, 0.2) is 36.0 Å². The molecule has 2 aliphatic rings. The number of aliphatic hydroxyl groups is 1. The number of esters is 1. The van der Waals surface area contributed by atoms with Gasteiger partial charge in [-0.3, -0.25) is 5.32 Å². The smallest absolute Gasteiger partial charge is 0.335 e. The van der Waals surface area contributed by atoms with E-state index in [2.05, 4.69) is 17.1 Å². The number of carbonyl (C=O) groups excluding carboxylic acids is 1. The molecule has 3 rings (SSSR count). The maximum absolute atomic E-state index is 11.6. The predicted molar refractivity (Wildman–Crippen MR) is 106 cm³/mol. The molecule has 2 N–H and O–H groups in total. The van der Waals surface area contributed by atoms with Gasteiger partial charge < -0.3 is 19.4 Å². The Balaban J connectivity index is 1.73. The lowest BCUT2D eigenvalue weighted by atomic mass is 9.84. The number of nitrogens with one attached hydrogen (secondary N) is 1. The second kappa shape index (κ2) is 8.00. The van der Waals surface area contributed by atoms with Gasteiger partial charge in [0, 0.05) is 34.5 Å². The van der Waals surface area contributed by atoms with Crippen LogP contribution in [0.25, 0.3) is 0 Å². The van der Waals surface area contributed by atoms with E-state index in [4.69, 9.17) is 37.5 Å². The van der Waals surface area contributed by atoms with E-state index in [-0.39, 0.29) is 19.1 Å². The molecule has 0 aromatic heterocycles. The molecule has 152 valence electrons. The van der Waals surface area contributed by atoms with E-state index in [0.717, 1.165) is 0 Å². The number of carbonyl (C=O) groups is 1. The zero-order chi connectivity index (χ0) is 20.5. The Bertz CT molecular complexity index is 793. The highest BCUT2D eigenvalue weighted by Gasteiger charge is 2.53. The summed E-state index contributed by atoms with van der Waals surface area (Å²) in [6.45, 7) is 5.64. The van der Waals surface area contributed by atoms with Crippen molar-refractivity contribution in [1.29, 1.82) is 0 Å². The number of rotatable bonds is 6. The fourth-order valence-electron chi connectivity index (χ4n) is 3.44. The first-order valence-corrected chi connectivity index (χ1v) is 9.50. The molecule has 2 heterocycles. The molecule has 1 aromatic carbocycles. The van der Waals surface area contributed by atoms with Gasteiger partial charge in [0.25, 0.3) is 0 Å². The van der Waals surface area contributed by atoms with E-state index in [1.54, 1.807) is 25.1 Å². The van der Waals surface area contributed by atoms with Crippen LogP contribution < -0.4 is 5.32 Å². The van der Waals surface area contributed by atoms with E-state index in [1.807, 2.05) is 0 Å². The van der Waals surface area contributed by atoms with Gasteiger partial charge in [0.15, 0.2) is 11.8 Å². The van der Waals surface area contributed by atoms with E-state index in [9.17, 15) is 9.90 Å². The van der Waals surface area contributed by atoms with Crippen LogP contribution in [0.5, 0.6) is 0 Å². The summed E-state index contributed by atoms with van der Waals surface area (Å²) in [5.41, 5.74) is -1.48. The Morgan fingerprint density at radius 2 is 2.14 bits per heavy atom. The first-order chi connectivity index (χ1) is 13.2. The average Bonchev–Trinajstić information content (AvgIpc) is 3.28. The average molecular weight is 429 g/mol. The van der Waals surface area contributed by atoms with Gasteiger partial charge in [-0.05, 0) is 31.2 Å². The molecule has 2 unspecified atom stereocenters. The number of oxime groups is 1. The molecule has 1 aromatic rings. The van der Waals surface area contributed by atoms with Gasteiger partial charge >= 0.3 is 5.97 Å². The summed E-state index contributed by atoms with van der Waals surface area (Å²) in [6.07, 6.45) is 1.47. The summed E-state index contributed by atoms with van der Waals surface area (Å²) in [4.78, 5) is 17.3. The monoisotopic (exact) mass is 428 g/mol. The first-order valence-electron chi connectivity index (χ1n) is 8.74. The molecule has 1 saturated heterocycles. The molecule has 9 heteroatoms. The molecule has 0 amide bonds. The lowest BCUT2D eigenvalue weighted by Gasteiger charge is -2.40. The van der Waals surface area contributed by atoms with Crippen molar-refractivity contribution in [2.24, 2.45) is 5.16 Å². The number of nitrogens with zero attached hydrogens (tertiary/aromatic N) is 1. The van der Waals surface area contributed by atoms with E-state index in [1.165, 1.54) is 13.2 Å². The van der Waals surface area contributed by atoms with Gasteiger partial charge in [-0.15, -0.1) is 0 Å². The molecule has 2 aliphatic heterocycles. The number of benzene rings is 1. The minimum Gasteiger partial charge on any atom is -0.467 e. The number of methoxy groups -OCH3 is 1. The van der Waals surface area contributed by atoms with E-state index >= 15 is 0 Å². The molecule has 7 nitrogen and oxygen atoms in total. The highest BCUT2D eigenvalue weighted by Crippen LogP contribution is 2.37. The van der Waals surface area contributed by atoms with Crippen molar-refractivity contribution < 1.29 is 24.2 Å². The van der Waals surface area contributed by atoms with Crippen molar-refractivity contribution in [3.8, 4) is 0 Å². The fourth-order valence-corrected chi connectivity index (χ4v) is 3.96. The quantitative estimate of drug-likeness (QED) is 0.411. The number of hydrogen-bond donors (Lipinski definition) is 2. The summed E-state index contributed by atoms with van der Waals surface area (Å²) in [7, 11) is 1.31. The second-order valence-electron chi connectivity index (χ2n) is 7.05. The maximum Gasteiger partial charge on any atom is 0.335 e. The molecule has 4 atom stereocenters. The normalized spacial score (nSPS) is 29.0. The molecule has 0 saturated carbocycles. The largest absolute Gasteiger partial charge is 0.467 e. The van der Waals surface area contributed by atoms with Gasteiger partial charge in [-0.2, -0.15) is 0 Å². The second-order valence-corrected chi connectivity index (χ2v) is 7.92. The van der Waals surface area contributed by atoms with Gasteiger partial charge in [-0.1, -0.05) is 34.9 Å². The van der Waals surface area contributed by atoms with Crippen molar-refractivity contribution in [3.05, 3.63) is 46.5 Å². The minimum atomic E-state index is -1.54. The molecular weight excluding hydrogens is 407 g/mol. The third-order valence-corrected chi connectivity index (χ3v) is 5.48. The standard InChI is InChI=1S/C19H22Cl2N2O5/c1-4-19(9-15(23-28-19)11-5-12(20)7-13(21)6-11)18(2,25)22-14-8-16(27-10-14)17(24)26-3/h4-7,14,16,22,25H,1,8-10H2,2-3H3/t14-,16-,18?,19?/m1/s1. The van der Waals surface area contributed by atoms with Crippen LogP contribution in [-0.4, -0.2) is 54.0 Å². The number of halogens is 2. The predicted octanol–water partition coefficient (Wildman–Crippen LogP) is 2.67. The van der Waals surface area contributed by atoms with Crippen LogP contribution in [0.2, 0.25) is 10.0 Å². The van der Waals surface area contributed by atoms with Crippen LogP contribution in [0.4, 0.5) is 0 Å². The SMILES string of the molecule is C=CC1(C(C)(O)N[C@H]2CO[C@@H](C(=O)OC)C2)CC(c2cc(Cl)cc(Cl)c2)=NO1. The Kier molecular flexibility index (Phi) is 6.03. The zero-order valence-corrected chi connectivity index (χ0v) is 17.1. The topological polar surface area (TPSA) is 89.4 Å². The van der Waals surface area contributed by atoms with Crippen LogP contribution in [0.3, 0.4) is 0 Å². The first kappa shape index (κ1) is 21.1. The van der Waals surface area contributed by atoms with E-state index in [0.29, 0.717) is 27.7 Å². The Labute approximate surface area is 173 Å². The maximum atomic E-state index is 11.6. The number of hydrogen-bond acceptors (Lipinski definition) is 7. The van der Waals surface area contributed by atoms with Crippen LogP contribution >= 0.6 is 23.2 Å². The highest BCUT2D eigenvalue weighted by molar-refractivity contribution is 6.35. The molecule has 1 fully saturated rings. The van der Waals surface area contributed by atoms with Crippen molar-refractivity contribution >= 4 is 34.9 Å². The molecule has 0 aliphatic carbocycles. The van der Waals surface area contributed by atoms with Gasteiger partial charge in [0.05, 0.1) is 19.4 Å². The van der Waals surface area contributed by atoms with Crippen molar-refractivity contribution in [1.82, 2.24) is 5.32 Å². The Morgan fingerprint density at radius 1 is 1.46 bits per heavy atom. The summed E-state index contributed by atoms with van der Waals surface area (Å²) in [6, 6.07) is 4.80. The summed E-state index contributed by atoms with van der Waals surface area (Å²) in [5, 5.41) is 19.4. The van der Waals surface area contributed by atoms with Gasteiger partial charge in [0.1, 0.15) is 0 Å². The lowest BCUT2D eigenvalue weighted by Crippen LogP contribution is -2.63.